The van der Waals surface area contributed by atoms with Gasteiger partial charge in [0.15, 0.2) is 0 Å². The highest BCUT2D eigenvalue weighted by Crippen LogP contribution is 2.33. The molecular weight excluding hydrogens is 484 g/mol. The molecule has 2 aromatic carbocycles. The molecule has 196 valence electrons. The molecule has 2 aliphatic rings. The zero-order chi connectivity index (χ0) is 25.8. The van der Waals surface area contributed by atoms with Crippen molar-refractivity contribution in [3.8, 4) is 0 Å². The highest BCUT2D eigenvalue weighted by Gasteiger charge is 2.28. The summed E-state index contributed by atoms with van der Waals surface area (Å²) >= 11 is 0. The number of aromatic nitrogens is 1. The Hall–Kier alpha value is -2.94. The van der Waals surface area contributed by atoms with E-state index in [1.807, 2.05) is 17.0 Å². The maximum Gasteiger partial charge on any atom is 0.253 e. The largest absolute Gasteiger partial charge is 0.347 e. The second-order valence-corrected chi connectivity index (χ2v) is 12.0. The maximum absolute atomic E-state index is 13.5. The molecule has 2 saturated heterocycles. The van der Waals surface area contributed by atoms with E-state index in [0.717, 1.165) is 50.7 Å². The van der Waals surface area contributed by atoms with Crippen molar-refractivity contribution in [3.63, 3.8) is 0 Å². The molecule has 1 aromatic heterocycles. The lowest BCUT2D eigenvalue weighted by Gasteiger charge is -2.22. The van der Waals surface area contributed by atoms with Crippen LogP contribution in [0.4, 0.5) is 0 Å². The molecular formula is C29H36N4O3S. The summed E-state index contributed by atoms with van der Waals surface area (Å²) in [6.07, 6.45) is 6.35. The molecule has 3 aromatic rings. The SMILES string of the molecule is C=CS(=O)(=O)NCC1CCN(C(=O)c2ccc3c(c2)c(C2CCCNC2)cn3CCc2ccccc2)C1. The van der Waals surface area contributed by atoms with Crippen LogP contribution in [-0.2, 0) is 23.0 Å². The Kier molecular flexibility index (Phi) is 7.79. The van der Waals surface area contributed by atoms with E-state index in [1.165, 1.54) is 22.0 Å². The molecule has 2 fully saturated rings. The number of rotatable bonds is 9. The molecule has 5 rings (SSSR count). The Labute approximate surface area is 219 Å². The van der Waals surface area contributed by atoms with Crippen molar-refractivity contribution in [2.75, 3.05) is 32.7 Å². The number of likely N-dealkylation sites (tertiary alicyclic amines) is 1. The molecule has 0 spiro atoms. The van der Waals surface area contributed by atoms with Crippen LogP contribution in [0.2, 0.25) is 0 Å². The number of carbonyl (C=O) groups is 1. The molecule has 2 unspecified atom stereocenters. The van der Waals surface area contributed by atoms with Gasteiger partial charge in [-0.15, -0.1) is 0 Å². The van der Waals surface area contributed by atoms with Gasteiger partial charge in [-0.05, 0) is 73.4 Å². The first-order valence-electron chi connectivity index (χ1n) is 13.2. The molecule has 1 amide bonds. The molecule has 8 heteroatoms. The monoisotopic (exact) mass is 520 g/mol. The average Bonchev–Trinajstić information content (AvgIpc) is 3.56. The van der Waals surface area contributed by atoms with Gasteiger partial charge in [-0.25, -0.2) is 13.1 Å². The average molecular weight is 521 g/mol. The number of nitrogens with zero attached hydrogens (tertiary/aromatic N) is 2. The van der Waals surface area contributed by atoms with Gasteiger partial charge in [0.05, 0.1) is 0 Å². The first kappa shape index (κ1) is 25.7. The molecule has 2 atom stereocenters. The van der Waals surface area contributed by atoms with Crippen LogP contribution in [-0.4, -0.2) is 56.5 Å². The molecule has 0 aliphatic carbocycles. The normalized spacial score (nSPS) is 20.4. The number of fused-ring (bicyclic) bond motifs is 1. The van der Waals surface area contributed by atoms with Crippen molar-refractivity contribution < 1.29 is 13.2 Å². The van der Waals surface area contributed by atoms with E-state index in [-0.39, 0.29) is 11.8 Å². The van der Waals surface area contributed by atoms with Crippen LogP contribution in [0.5, 0.6) is 0 Å². The maximum atomic E-state index is 13.5. The second kappa shape index (κ2) is 11.2. The number of hydrogen-bond donors (Lipinski definition) is 2. The smallest absolute Gasteiger partial charge is 0.253 e. The second-order valence-electron chi connectivity index (χ2n) is 10.3. The minimum absolute atomic E-state index is 0.0146. The van der Waals surface area contributed by atoms with Crippen molar-refractivity contribution in [1.82, 2.24) is 19.5 Å². The standard InChI is InChI=1S/C29H36N4O3S/c1-2-37(35,36)31-18-23-13-16-33(20-23)29(34)24-10-11-28-26(17-24)27(25-9-6-14-30-19-25)21-32(28)15-12-22-7-4-3-5-8-22/h2-5,7-8,10-11,17,21,23,25,30-31H,1,6,9,12-16,18-20H2. The number of aryl methyl sites for hydroxylation is 2. The van der Waals surface area contributed by atoms with Crippen molar-refractivity contribution >= 4 is 26.8 Å². The van der Waals surface area contributed by atoms with Gasteiger partial charge in [-0.2, -0.15) is 0 Å². The summed E-state index contributed by atoms with van der Waals surface area (Å²) in [4.78, 5) is 15.3. The lowest BCUT2D eigenvalue weighted by molar-refractivity contribution is 0.0787. The van der Waals surface area contributed by atoms with Gasteiger partial charge in [-0.1, -0.05) is 36.9 Å². The zero-order valence-corrected chi connectivity index (χ0v) is 22.1. The van der Waals surface area contributed by atoms with Gasteiger partial charge in [0.2, 0.25) is 10.0 Å². The van der Waals surface area contributed by atoms with E-state index in [1.54, 1.807) is 0 Å². The summed E-state index contributed by atoms with van der Waals surface area (Å²) < 4.78 is 28.3. The fourth-order valence-electron chi connectivity index (χ4n) is 5.64. The highest BCUT2D eigenvalue weighted by molar-refractivity contribution is 7.92. The van der Waals surface area contributed by atoms with Gasteiger partial charge in [0.1, 0.15) is 0 Å². The van der Waals surface area contributed by atoms with Gasteiger partial charge in [0, 0.05) is 60.8 Å². The number of hydrogen-bond acceptors (Lipinski definition) is 4. The lowest BCUT2D eigenvalue weighted by atomic mass is 9.91. The quantitative estimate of drug-likeness (QED) is 0.449. The summed E-state index contributed by atoms with van der Waals surface area (Å²) in [5, 5.41) is 5.63. The van der Waals surface area contributed by atoms with Crippen molar-refractivity contribution in [3.05, 3.63) is 83.4 Å². The number of nitrogens with one attached hydrogen (secondary N) is 2. The summed E-state index contributed by atoms with van der Waals surface area (Å²) in [6, 6.07) is 16.7. The summed E-state index contributed by atoms with van der Waals surface area (Å²) in [5.74, 6) is 0.555. The molecule has 0 bridgehead atoms. The number of carbonyl (C=O) groups excluding carboxylic acids is 1. The molecule has 3 heterocycles. The lowest BCUT2D eigenvalue weighted by Crippen LogP contribution is -2.32. The predicted octanol–water partition coefficient (Wildman–Crippen LogP) is 3.88. The minimum Gasteiger partial charge on any atom is -0.347 e. The van der Waals surface area contributed by atoms with Gasteiger partial charge >= 0.3 is 0 Å². The number of benzene rings is 2. The number of amides is 1. The van der Waals surface area contributed by atoms with Gasteiger partial charge in [-0.3, -0.25) is 4.79 Å². The van der Waals surface area contributed by atoms with Crippen LogP contribution in [0.1, 0.15) is 46.7 Å². The molecule has 2 aliphatic heterocycles. The van der Waals surface area contributed by atoms with Crippen molar-refractivity contribution in [2.45, 2.75) is 38.1 Å². The third kappa shape index (κ3) is 5.98. The minimum atomic E-state index is -3.45. The Balaban J connectivity index is 1.36. The van der Waals surface area contributed by atoms with Crippen LogP contribution in [0, 0.1) is 5.92 Å². The Morgan fingerprint density at radius 1 is 1.16 bits per heavy atom. The van der Waals surface area contributed by atoms with Crippen LogP contribution in [0.3, 0.4) is 0 Å². The molecule has 2 N–H and O–H groups in total. The van der Waals surface area contributed by atoms with E-state index in [2.05, 4.69) is 63.8 Å². The fourth-order valence-corrected chi connectivity index (χ4v) is 6.22. The molecule has 0 radical (unpaired) electrons. The van der Waals surface area contributed by atoms with Crippen molar-refractivity contribution in [2.24, 2.45) is 5.92 Å². The van der Waals surface area contributed by atoms with Crippen LogP contribution in [0.15, 0.2) is 66.7 Å². The van der Waals surface area contributed by atoms with Gasteiger partial charge in [0.25, 0.3) is 5.91 Å². The number of piperidine rings is 1. The zero-order valence-electron chi connectivity index (χ0n) is 21.2. The molecule has 37 heavy (non-hydrogen) atoms. The first-order chi connectivity index (χ1) is 17.9. The Morgan fingerprint density at radius 2 is 2.00 bits per heavy atom. The van der Waals surface area contributed by atoms with Crippen LogP contribution >= 0.6 is 0 Å². The summed E-state index contributed by atoms with van der Waals surface area (Å²) in [7, 11) is -3.45. The first-order valence-corrected chi connectivity index (χ1v) is 14.8. The predicted molar refractivity (Wildman–Crippen MR) is 148 cm³/mol. The topological polar surface area (TPSA) is 83.4 Å². The summed E-state index contributed by atoms with van der Waals surface area (Å²) in [6.45, 7) is 7.75. The van der Waals surface area contributed by atoms with Crippen molar-refractivity contribution in [1.29, 1.82) is 0 Å². The van der Waals surface area contributed by atoms with E-state index in [9.17, 15) is 13.2 Å². The third-order valence-corrected chi connectivity index (χ3v) is 8.75. The van der Waals surface area contributed by atoms with E-state index in [0.29, 0.717) is 31.1 Å². The number of sulfonamides is 1. The Morgan fingerprint density at radius 3 is 2.76 bits per heavy atom. The van der Waals surface area contributed by atoms with E-state index in [4.69, 9.17) is 0 Å². The molecule has 7 nitrogen and oxygen atoms in total. The van der Waals surface area contributed by atoms with E-state index < -0.39 is 10.0 Å². The van der Waals surface area contributed by atoms with Crippen LogP contribution in [0.25, 0.3) is 10.9 Å². The Bertz CT molecular complexity index is 1360. The van der Waals surface area contributed by atoms with Crippen LogP contribution < -0.4 is 10.0 Å². The fraction of sp³-hybridized carbons (Fsp3) is 0.414. The highest BCUT2D eigenvalue weighted by atomic mass is 32.2. The molecule has 0 saturated carbocycles. The summed E-state index contributed by atoms with van der Waals surface area (Å²) in [5.41, 5.74) is 4.51. The van der Waals surface area contributed by atoms with Gasteiger partial charge < -0.3 is 14.8 Å². The van der Waals surface area contributed by atoms with E-state index >= 15 is 0 Å². The third-order valence-electron chi connectivity index (χ3n) is 7.75.